The Kier molecular flexibility index (Phi) is 4.51. The molecule has 3 nitrogen and oxygen atoms in total. The van der Waals surface area contributed by atoms with E-state index in [1.165, 1.54) is 0 Å². The Labute approximate surface area is 89.5 Å². The van der Waals surface area contributed by atoms with Gasteiger partial charge in [-0.1, -0.05) is 0 Å². The molecule has 0 aliphatic carbocycles. The topological polar surface area (TPSA) is 34.1 Å². The fraction of sp³-hybridized carbons (Fsp3) is 0.700. The van der Waals surface area contributed by atoms with Crippen molar-refractivity contribution >= 4 is 11.3 Å². The molecule has 0 aromatic carbocycles. The van der Waals surface area contributed by atoms with Gasteiger partial charge in [0.2, 0.25) is 0 Å². The molecule has 0 saturated heterocycles. The summed E-state index contributed by atoms with van der Waals surface area (Å²) in [4.78, 5) is 4.20. The first-order valence-corrected chi connectivity index (χ1v) is 5.71. The van der Waals surface area contributed by atoms with Crippen LogP contribution >= 0.6 is 11.3 Å². The number of aromatic nitrogens is 1. The number of hydrogen-bond donors (Lipinski definition) is 1. The molecule has 1 heterocycles. The van der Waals surface area contributed by atoms with Gasteiger partial charge in [0.15, 0.2) is 0 Å². The third kappa shape index (κ3) is 4.17. The maximum Gasteiger partial charge on any atom is 0.0795 e. The van der Waals surface area contributed by atoms with E-state index in [1.54, 1.807) is 18.4 Å². The molecular formula is C10H18N2OS. The fourth-order valence-electron chi connectivity index (χ4n) is 1.03. The SMILES string of the molecule is COC(C)(C)CCNCc1cscn1. The van der Waals surface area contributed by atoms with Crippen molar-refractivity contribution < 1.29 is 4.74 Å². The van der Waals surface area contributed by atoms with E-state index in [2.05, 4.69) is 29.5 Å². The third-order valence-corrected chi connectivity index (χ3v) is 2.88. The zero-order chi connectivity index (χ0) is 10.4. The van der Waals surface area contributed by atoms with Crippen LogP contribution in [-0.2, 0) is 11.3 Å². The Morgan fingerprint density at radius 1 is 1.57 bits per heavy atom. The molecule has 1 aromatic rings. The van der Waals surface area contributed by atoms with Crippen LogP contribution in [0.4, 0.5) is 0 Å². The summed E-state index contributed by atoms with van der Waals surface area (Å²) in [5.41, 5.74) is 2.94. The van der Waals surface area contributed by atoms with E-state index in [-0.39, 0.29) is 5.60 Å². The van der Waals surface area contributed by atoms with Gasteiger partial charge in [0.25, 0.3) is 0 Å². The van der Waals surface area contributed by atoms with Crippen molar-refractivity contribution in [3.8, 4) is 0 Å². The average Bonchev–Trinajstić information content (AvgIpc) is 2.65. The number of nitrogens with zero attached hydrogens (tertiary/aromatic N) is 1. The molecule has 0 atom stereocenters. The lowest BCUT2D eigenvalue weighted by Gasteiger charge is -2.22. The number of methoxy groups -OCH3 is 1. The lowest BCUT2D eigenvalue weighted by Crippen LogP contribution is -2.28. The van der Waals surface area contributed by atoms with E-state index in [1.807, 2.05) is 5.51 Å². The molecule has 0 amide bonds. The second-order valence-corrected chi connectivity index (χ2v) is 4.59. The maximum atomic E-state index is 5.32. The van der Waals surface area contributed by atoms with Crippen LogP contribution in [0.2, 0.25) is 0 Å². The lowest BCUT2D eigenvalue weighted by atomic mass is 10.1. The molecule has 1 aromatic heterocycles. The summed E-state index contributed by atoms with van der Waals surface area (Å²) >= 11 is 1.63. The summed E-state index contributed by atoms with van der Waals surface area (Å²) in [6.07, 6.45) is 1.01. The summed E-state index contributed by atoms with van der Waals surface area (Å²) in [5, 5.41) is 5.41. The number of hydrogen-bond acceptors (Lipinski definition) is 4. The summed E-state index contributed by atoms with van der Waals surface area (Å²) < 4.78 is 5.32. The molecule has 0 bridgehead atoms. The highest BCUT2D eigenvalue weighted by molar-refractivity contribution is 7.07. The van der Waals surface area contributed by atoms with Crippen LogP contribution in [0.3, 0.4) is 0 Å². The van der Waals surface area contributed by atoms with Gasteiger partial charge >= 0.3 is 0 Å². The van der Waals surface area contributed by atoms with Crippen LogP contribution in [-0.4, -0.2) is 24.2 Å². The molecule has 0 saturated carbocycles. The fourth-order valence-corrected chi connectivity index (χ4v) is 1.59. The average molecular weight is 214 g/mol. The van der Waals surface area contributed by atoms with Gasteiger partial charge in [0.05, 0.1) is 16.8 Å². The highest BCUT2D eigenvalue weighted by atomic mass is 32.1. The van der Waals surface area contributed by atoms with E-state index in [0.29, 0.717) is 0 Å². The molecule has 0 aliphatic heterocycles. The summed E-state index contributed by atoms with van der Waals surface area (Å²) in [6, 6.07) is 0. The number of nitrogens with one attached hydrogen (secondary N) is 1. The van der Waals surface area contributed by atoms with E-state index in [0.717, 1.165) is 25.2 Å². The van der Waals surface area contributed by atoms with E-state index < -0.39 is 0 Å². The van der Waals surface area contributed by atoms with Crippen molar-refractivity contribution in [2.24, 2.45) is 0 Å². The van der Waals surface area contributed by atoms with Gasteiger partial charge in [-0.15, -0.1) is 11.3 Å². The summed E-state index contributed by atoms with van der Waals surface area (Å²) in [6.45, 7) is 6.00. The number of ether oxygens (including phenoxy) is 1. The molecule has 0 unspecified atom stereocenters. The predicted octanol–water partition coefficient (Wildman–Crippen LogP) is 2.05. The summed E-state index contributed by atoms with van der Waals surface area (Å²) in [5.74, 6) is 0. The monoisotopic (exact) mass is 214 g/mol. The normalized spacial score (nSPS) is 11.9. The van der Waals surface area contributed by atoms with Gasteiger partial charge in [0, 0.05) is 19.0 Å². The van der Waals surface area contributed by atoms with Crippen molar-refractivity contribution in [2.75, 3.05) is 13.7 Å². The first kappa shape index (κ1) is 11.6. The molecule has 0 aliphatic rings. The molecule has 14 heavy (non-hydrogen) atoms. The Morgan fingerprint density at radius 3 is 2.93 bits per heavy atom. The quantitative estimate of drug-likeness (QED) is 0.736. The van der Waals surface area contributed by atoms with Crippen LogP contribution in [0.5, 0.6) is 0 Å². The van der Waals surface area contributed by atoms with E-state index in [9.17, 15) is 0 Å². The zero-order valence-corrected chi connectivity index (χ0v) is 9.86. The molecule has 1 N–H and O–H groups in total. The second kappa shape index (κ2) is 5.44. The molecular weight excluding hydrogens is 196 g/mol. The van der Waals surface area contributed by atoms with Crippen LogP contribution in [0, 0.1) is 0 Å². The first-order chi connectivity index (χ1) is 6.64. The Hall–Kier alpha value is -0.450. The van der Waals surface area contributed by atoms with Gasteiger partial charge in [-0.2, -0.15) is 0 Å². The van der Waals surface area contributed by atoms with Crippen molar-refractivity contribution in [2.45, 2.75) is 32.4 Å². The van der Waals surface area contributed by atoms with Crippen molar-refractivity contribution in [3.63, 3.8) is 0 Å². The minimum Gasteiger partial charge on any atom is -0.379 e. The predicted molar refractivity (Wildman–Crippen MR) is 59.5 cm³/mol. The van der Waals surface area contributed by atoms with Crippen LogP contribution in [0.1, 0.15) is 26.0 Å². The molecule has 0 spiro atoms. The highest BCUT2D eigenvalue weighted by Gasteiger charge is 2.14. The molecule has 1 rings (SSSR count). The van der Waals surface area contributed by atoms with E-state index in [4.69, 9.17) is 4.74 Å². The Bertz CT molecular complexity index is 247. The maximum absolute atomic E-state index is 5.32. The van der Waals surface area contributed by atoms with Gasteiger partial charge in [-0.3, -0.25) is 0 Å². The summed E-state index contributed by atoms with van der Waals surface area (Å²) in [7, 11) is 1.75. The van der Waals surface area contributed by atoms with Crippen LogP contribution in [0.25, 0.3) is 0 Å². The first-order valence-electron chi connectivity index (χ1n) is 4.77. The second-order valence-electron chi connectivity index (χ2n) is 3.87. The zero-order valence-electron chi connectivity index (χ0n) is 9.04. The van der Waals surface area contributed by atoms with E-state index >= 15 is 0 Å². The Morgan fingerprint density at radius 2 is 2.36 bits per heavy atom. The third-order valence-electron chi connectivity index (χ3n) is 2.25. The molecule has 0 fully saturated rings. The lowest BCUT2D eigenvalue weighted by molar-refractivity contribution is 0.0158. The van der Waals surface area contributed by atoms with Gasteiger partial charge in [0.1, 0.15) is 0 Å². The Balaban J connectivity index is 2.11. The highest BCUT2D eigenvalue weighted by Crippen LogP contribution is 2.11. The van der Waals surface area contributed by atoms with Crippen molar-refractivity contribution in [3.05, 3.63) is 16.6 Å². The largest absolute Gasteiger partial charge is 0.379 e. The van der Waals surface area contributed by atoms with Crippen LogP contribution < -0.4 is 5.32 Å². The van der Waals surface area contributed by atoms with Gasteiger partial charge in [-0.05, 0) is 26.8 Å². The smallest absolute Gasteiger partial charge is 0.0795 e. The number of rotatable bonds is 6. The standard InChI is InChI=1S/C10H18N2OS/c1-10(2,13-3)4-5-11-6-9-7-14-8-12-9/h7-8,11H,4-6H2,1-3H3. The molecule has 0 radical (unpaired) electrons. The van der Waals surface area contributed by atoms with Crippen LogP contribution in [0.15, 0.2) is 10.9 Å². The molecule has 80 valence electrons. The minimum absolute atomic E-state index is 0.0327. The number of thiazole rings is 1. The van der Waals surface area contributed by atoms with Gasteiger partial charge in [-0.25, -0.2) is 4.98 Å². The van der Waals surface area contributed by atoms with Gasteiger partial charge < -0.3 is 10.1 Å². The van der Waals surface area contributed by atoms with Crippen molar-refractivity contribution in [1.82, 2.24) is 10.3 Å². The molecule has 4 heteroatoms. The minimum atomic E-state index is -0.0327. The van der Waals surface area contributed by atoms with Crippen molar-refractivity contribution in [1.29, 1.82) is 0 Å².